The van der Waals surface area contributed by atoms with Crippen molar-refractivity contribution in [3.05, 3.63) is 102 Å². The lowest BCUT2D eigenvalue weighted by Gasteiger charge is -2.21. The van der Waals surface area contributed by atoms with Crippen molar-refractivity contribution in [2.45, 2.75) is 39.5 Å². The van der Waals surface area contributed by atoms with Gasteiger partial charge in [-0.3, -0.25) is 4.98 Å². The van der Waals surface area contributed by atoms with Crippen molar-refractivity contribution < 1.29 is 5.11 Å². The molecule has 2 heterocycles. The average Bonchev–Trinajstić information content (AvgIpc) is 2.88. The molecule has 0 aliphatic carbocycles. The molecule has 3 aromatic carbocycles. The molecule has 0 saturated heterocycles. The molecule has 5 aromatic rings. The SMILES string of the molecule is CC(C)c1cccc(C(C)C)c1-c1cc(-c2ccccn2)cc(-c2ccc3cccc(O)c3n2)c1. The van der Waals surface area contributed by atoms with Gasteiger partial charge < -0.3 is 5.11 Å². The van der Waals surface area contributed by atoms with Gasteiger partial charge in [-0.1, -0.05) is 70.2 Å². The van der Waals surface area contributed by atoms with Gasteiger partial charge in [0.2, 0.25) is 0 Å². The third kappa shape index (κ3) is 4.42. The van der Waals surface area contributed by atoms with Crippen LogP contribution in [-0.4, -0.2) is 15.1 Å². The van der Waals surface area contributed by atoms with Crippen LogP contribution < -0.4 is 0 Å². The van der Waals surface area contributed by atoms with E-state index in [1.165, 1.54) is 16.7 Å². The largest absolute Gasteiger partial charge is 0.506 e. The van der Waals surface area contributed by atoms with Crippen LogP contribution in [0.25, 0.3) is 44.5 Å². The van der Waals surface area contributed by atoms with Crippen LogP contribution >= 0.6 is 0 Å². The quantitative estimate of drug-likeness (QED) is 0.287. The summed E-state index contributed by atoms with van der Waals surface area (Å²) < 4.78 is 0. The van der Waals surface area contributed by atoms with Gasteiger partial charge in [0.15, 0.2) is 0 Å². The number of aromatic hydroxyl groups is 1. The summed E-state index contributed by atoms with van der Waals surface area (Å²) in [5.41, 5.74) is 9.54. The zero-order valence-electron chi connectivity index (χ0n) is 20.7. The van der Waals surface area contributed by atoms with Gasteiger partial charge in [-0.05, 0) is 76.6 Å². The molecular formula is C32H30N2O. The van der Waals surface area contributed by atoms with Crippen molar-refractivity contribution in [1.29, 1.82) is 0 Å². The normalized spacial score (nSPS) is 11.5. The van der Waals surface area contributed by atoms with E-state index < -0.39 is 0 Å². The van der Waals surface area contributed by atoms with E-state index in [0.29, 0.717) is 17.4 Å². The molecule has 0 saturated carbocycles. The van der Waals surface area contributed by atoms with Crippen molar-refractivity contribution in [2.75, 3.05) is 0 Å². The summed E-state index contributed by atoms with van der Waals surface area (Å²) in [4.78, 5) is 9.50. The molecule has 0 aliphatic heterocycles. The summed E-state index contributed by atoms with van der Waals surface area (Å²) in [6, 6.07) is 28.8. The minimum Gasteiger partial charge on any atom is -0.506 e. The van der Waals surface area contributed by atoms with Crippen molar-refractivity contribution in [2.24, 2.45) is 0 Å². The van der Waals surface area contributed by atoms with Crippen LogP contribution in [0.3, 0.4) is 0 Å². The Morgan fingerprint density at radius 2 is 1.29 bits per heavy atom. The molecule has 174 valence electrons. The van der Waals surface area contributed by atoms with Crippen molar-refractivity contribution in [3.8, 4) is 39.4 Å². The Labute approximate surface area is 207 Å². The fraction of sp³-hybridized carbons (Fsp3) is 0.188. The molecule has 0 fully saturated rings. The lowest BCUT2D eigenvalue weighted by molar-refractivity contribution is 0.480. The predicted molar refractivity (Wildman–Crippen MR) is 146 cm³/mol. The van der Waals surface area contributed by atoms with E-state index in [0.717, 1.165) is 33.5 Å². The van der Waals surface area contributed by atoms with Gasteiger partial charge in [0.05, 0.1) is 11.4 Å². The zero-order chi connectivity index (χ0) is 24.5. The Morgan fingerprint density at radius 3 is 1.94 bits per heavy atom. The topological polar surface area (TPSA) is 46.0 Å². The summed E-state index contributed by atoms with van der Waals surface area (Å²) >= 11 is 0. The number of pyridine rings is 2. The Kier molecular flexibility index (Phi) is 6.08. The molecule has 0 spiro atoms. The monoisotopic (exact) mass is 458 g/mol. The highest BCUT2D eigenvalue weighted by Gasteiger charge is 2.18. The number of benzene rings is 3. The van der Waals surface area contributed by atoms with Gasteiger partial charge in [-0.25, -0.2) is 4.98 Å². The van der Waals surface area contributed by atoms with E-state index in [4.69, 9.17) is 4.98 Å². The van der Waals surface area contributed by atoms with Crippen molar-refractivity contribution >= 4 is 10.9 Å². The molecule has 35 heavy (non-hydrogen) atoms. The van der Waals surface area contributed by atoms with E-state index in [9.17, 15) is 5.11 Å². The fourth-order valence-electron chi connectivity index (χ4n) is 4.78. The van der Waals surface area contributed by atoms with E-state index in [2.05, 4.69) is 69.1 Å². The Morgan fingerprint density at radius 1 is 0.629 bits per heavy atom. The van der Waals surface area contributed by atoms with Gasteiger partial charge in [0.25, 0.3) is 0 Å². The van der Waals surface area contributed by atoms with Crippen LogP contribution in [0.1, 0.15) is 50.7 Å². The number of phenolic OH excluding ortho intramolecular Hbond substituents is 1. The maximum absolute atomic E-state index is 10.4. The molecule has 0 amide bonds. The first kappa shape index (κ1) is 22.8. The lowest BCUT2D eigenvalue weighted by atomic mass is 9.83. The standard InChI is InChI=1S/C32H30N2O/c1-20(2)26-10-8-11-27(21(3)4)31(26)25-18-23(28-12-5-6-16-33-28)17-24(19-25)29-15-14-22-9-7-13-30(35)32(22)34-29/h5-21,35H,1-4H3. The summed E-state index contributed by atoms with van der Waals surface area (Å²) in [5.74, 6) is 0.973. The maximum Gasteiger partial charge on any atom is 0.141 e. The molecule has 3 nitrogen and oxygen atoms in total. The molecule has 1 N–H and O–H groups in total. The minimum atomic E-state index is 0.192. The number of rotatable bonds is 5. The molecule has 0 radical (unpaired) electrons. The van der Waals surface area contributed by atoms with Crippen LogP contribution in [0.5, 0.6) is 5.75 Å². The number of aromatic nitrogens is 2. The summed E-state index contributed by atoms with van der Waals surface area (Å²) in [6.07, 6.45) is 1.83. The predicted octanol–water partition coefficient (Wildman–Crippen LogP) is 8.58. The van der Waals surface area contributed by atoms with Crippen molar-refractivity contribution in [3.63, 3.8) is 0 Å². The second kappa shape index (κ2) is 9.34. The molecule has 0 aliphatic rings. The molecule has 5 rings (SSSR count). The van der Waals surface area contributed by atoms with E-state index in [1.807, 2.05) is 48.7 Å². The number of fused-ring (bicyclic) bond motifs is 1. The van der Waals surface area contributed by atoms with Crippen LogP contribution in [0.2, 0.25) is 0 Å². The van der Waals surface area contributed by atoms with Crippen LogP contribution in [0.4, 0.5) is 0 Å². The maximum atomic E-state index is 10.4. The summed E-state index contributed by atoms with van der Waals surface area (Å²) in [7, 11) is 0. The lowest BCUT2D eigenvalue weighted by Crippen LogP contribution is -2.00. The molecule has 0 unspecified atom stereocenters. The van der Waals surface area contributed by atoms with Gasteiger partial charge in [-0.2, -0.15) is 0 Å². The Balaban J connectivity index is 1.80. The number of hydrogen-bond acceptors (Lipinski definition) is 3. The molecule has 0 bridgehead atoms. The average molecular weight is 459 g/mol. The molecule has 2 aromatic heterocycles. The first-order chi connectivity index (χ1) is 16.9. The first-order valence-electron chi connectivity index (χ1n) is 12.2. The van der Waals surface area contributed by atoms with Crippen molar-refractivity contribution in [1.82, 2.24) is 9.97 Å². The Bertz CT molecular complexity index is 1480. The Hall–Kier alpha value is -3.98. The molecule has 3 heteroatoms. The smallest absolute Gasteiger partial charge is 0.141 e. The highest BCUT2D eigenvalue weighted by atomic mass is 16.3. The van der Waals surface area contributed by atoms with Crippen LogP contribution in [-0.2, 0) is 0 Å². The second-order valence-electron chi connectivity index (χ2n) is 9.68. The van der Waals surface area contributed by atoms with Gasteiger partial charge in [0, 0.05) is 22.7 Å². The van der Waals surface area contributed by atoms with E-state index in [-0.39, 0.29) is 5.75 Å². The number of hydrogen-bond donors (Lipinski definition) is 1. The first-order valence-corrected chi connectivity index (χ1v) is 12.2. The van der Waals surface area contributed by atoms with Gasteiger partial charge >= 0.3 is 0 Å². The number of para-hydroxylation sites is 1. The molecule has 0 atom stereocenters. The summed E-state index contributed by atoms with van der Waals surface area (Å²) in [6.45, 7) is 9.00. The van der Waals surface area contributed by atoms with Gasteiger partial charge in [-0.15, -0.1) is 0 Å². The summed E-state index contributed by atoms with van der Waals surface area (Å²) in [5, 5.41) is 11.3. The highest BCUT2D eigenvalue weighted by molar-refractivity contribution is 5.88. The van der Waals surface area contributed by atoms with Crippen LogP contribution in [0, 0.1) is 0 Å². The third-order valence-electron chi connectivity index (χ3n) is 6.55. The minimum absolute atomic E-state index is 0.192. The van der Waals surface area contributed by atoms with E-state index >= 15 is 0 Å². The van der Waals surface area contributed by atoms with Crippen LogP contribution in [0.15, 0.2) is 91.1 Å². The fourth-order valence-corrected chi connectivity index (χ4v) is 4.78. The zero-order valence-corrected chi connectivity index (χ0v) is 20.7. The van der Waals surface area contributed by atoms with E-state index in [1.54, 1.807) is 6.07 Å². The third-order valence-corrected chi connectivity index (χ3v) is 6.55. The number of phenols is 1. The number of nitrogens with zero attached hydrogens (tertiary/aromatic N) is 2. The second-order valence-corrected chi connectivity index (χ2v) is 9.68. The molecular weight excluding hydrogens is 428 g/mol. The van der Waals surface area contributed by atoms with Gasteiger partial charge in [0.1, 0.15) is 11.3 Å². The highest BCUT2D eigenvalue weighted by Crippen LogP contribution is 2.40.